The molecule has 0 saturated heterocycles. The Morgan fingerprint density at radius 2 is 1.78 bits per heavy atom. The Balaban J connectivity index is 1.99. The quantitative estimate of drug-likeness (QED) is 0.520. The van der Waals surface area contributed by atoms with E-state index in [1.165, 1.54) is 11.8 Å². The number of benzene rings is 2. The lowest BCUT2D eigenvalue weighted by Gasteiger charge is -2.10. The number of nitriles is 1. The highest BCUT2D eigenvalue weighted by atomic mass is 32.2. The van der Waals surface area contributed by atoms with Crippen LogP contribution in [0.2, 0.25) is 0 Å². The summed E-state index contributed by atoms with van der Waals surface area (Å²) < 4.78 is 5.15. The number of amides is 1. The lowest BCUT2D eigenvalue weighted by Crippen LogP contribution is -2.29. The number of nitrogens with one attached hydrogen (secondary N) is 1. The zero-order valence-electron chi connectivity index (χ0n) is 15.2. The fourth-order valence-electron chi connectivity index (χ4n) is 2.35. The van der Waals surface area contributed by atoms with Gasteiger partial charge in [-0.2, -0.15) is 5.26 Å². The van der Waals surface area contributed by atoms with E-state index in [4.69, 9.17) is 4.74 Å². The van der Waals surface area contributed by atoms with Crippen molar-refractivity contribution >= 4 is 23.6 Å². The molecule has 140 valence electrons. The average Bonchev–Trinajstić information content (AvgIpc) is 2.70. The first-order valence-corrected chi connectivity index (χ1v) is 9.67. The zero-order chi connectivity index (χ0) is 19.5. The first-order valence-electron chi connectivity index (χ1n) is 8.85. The summed E-state index contributed by atoms with van der Waals surface area (Å²) >= 11 is 1.32. The van der Waals surface area contributed by atoms with Gasteiger partial charge in [0.05, 0.1) is 11.1 Å². The van der Waals surface area contributed by atoms with E-state index in [1.54, 1.807) is 30.3 Å². The molecule has 0 radical (unpaired) electrons. The third-order valence-corrected chi connectivity index (χ3v) is 4.92. The second-order valence-corrected chi connectivity index (χ2v) is 6.92. The van der Waals surface area contributed by atoms with Crippen LogP contribution in [0.15, 0.2) is 58.3 Å². The molecule has 5 nitrogen and oxygen atoms in total. The van der Waals surface area contributed by atoms with Gasteiger partial charge in [-0.15, -0.1) is 0 Å². The monoisotopic (exact) mass is 382 g/mol. The van der Waals surface area contributed by atoms with Gasteiger partial charge in [-0.3, -0.25) is 4.79 Å². The molecule has 0 aliphatic carbocycles. The second kappa shape index (κ2) is 11.0. The number of hydrogen-bond donors (Lipinski definition) is 1. The number of carbonyl (C=O) groups excluding carboxylic acids is 2. The van der Waals surface area contributed by atoms with Crippen LogP contribution in [0.25, 0.3) is 0 Å². The molecule has 6 heteroatoms. The number of carbonyl (C=O) groups is 2. The maximum absolute atomic E-state index is 12.4. The molecule has 2 rings (SSSR count). The molecule has 0 aromatic heterocycles. The van der Waals surface area contributed by atoms with Crippen LogP contribution >= 0.6 is 11.8 Å². The van der Waals surface area contributed by atoms with Crippen LogP contribution in [0.3, 0.4) is 0 Å². The predicted molar refractivity (Wildman–Crippen MR) is 105 cm³/mol. The normalized spacial score (nSPS) is 10.1. The van der Waals surface area contributed by atoms with Crippen molar-refractivity contribution in [3.8, 4) is 6.07 Å². The summed E-state index contributed by atoms with van der Waals surface area (Å²) in [4.78, 5) is 25.6. The van der Waals surface area contributed by atoms with Gasteiger partial charge in [-0.25, -0.2) is 4.79 Å². The fourth-order valence-corrected chi connectivity index (χ4v) is 3.37. The topological polar surface area (TPSA) is 79.2 Å². The van der Waals surface area contributed by atoms with Gasteiger partial charge >= 0.3 is 5.97 Å². The van der Waals surface area contributed by atoms with E-state index in [9.17, 15) is 14.9 Å². The van der Waals surface area contributed by atoms with Gasteiger partial charge in [0.2, 0.25) is 0 Å². The smallest absolute Gasteiger partial charge is 0.339 e. The summed E-state index contributed by atoms with van der Waals surface area (Å²) in [5.41, 5.74) is 0.908. The van der Waals surface area contributed by atoms with Gasteiger partial charge in [-0.1, -0.05) is 55.8 Å². The van der Waals surface area contributed by atoms with E-state index in [0.29, 0.717) is 22.6 Å². The molecule has 0 spiro atoms. The van der Waals surface area contributed by atoms with Crippen LogP contribution in [0.4, 0.5) is 0 Å². The number of hydrogen-bond acceptors (Lipinski definition) is 5. The molecular formula is C21H22N2O3S. The molecule has 0 atom stereocenters. The van der Waals surface area contributed by atoms with E-state index >= 15 is 0 Å². The van der Waals surface area contributed by atoms with Crippen molar-refractivity contribution in [1.82, 2.24) is 5.32 Å². The van der Waals surface area contributed by atoms with E-state index in [-0.39, 0.29) is 12.5 Å². The number of nitrogens with zero attached hydrogens (tertiary/aromatic N) is 1. The van der Waals surface area contributed by atoms with Gasteiger partial charge in [0.15, 0.2) is 6.61 Å². The lowest BCUT2D eigenvalue weighted by molar-refractivity contribution is -0.124. The lowest BCUT2D eigenvalue weighted by atomic mass is 10.2. The summed E-state index contributed by atoms with van der Waals surface area (Å²) in [6, 6.07) is 16.3. The van der Waals surface area contributed by atoms with Gasteiger partial charge in [0.1, 0.15) is 6.07 Å². The molecule has 0 heterocycles. The van der Waals surface area contributed by atoms with E-state index in [2.05, 4.69) is 18.3 Å². The molecule has 0 aliphatic heterocycles. The molecule has 0 saturated carbocycles. The molecule has 2 aromatic carbocycles. The third kappa shape index (κ3) is 6.46. The number of unbranched alkanes of at least 4 members (excludes halogenated alkanes) is 2. The minimum absolute atomic E-state index is 0.306. The second-order valence-electron chi connectivity index (χ2n) is 5.84. The standard InChI is InChI=1S/C21H22N2O3S/c1-2-3-8-13-23-20(24)15-26-21(25)17-10-5-7-12-19(17)27-18-11-6-4-9-16(18)14-22/h4-7,9-12H,2-3,8,13,15H2,1H3,(H,23,24). The molecule has 0 fully saturated rings. The summed E-state index contributed by atoms with van der Waals surface area (Å²) in [6.45, 7) is 2.37. The number of esters is 1. The average molecular weight is 382 g/mol. The minimum Gasteiger partial charge on any atom is -0.452 e. The molecular weight excluding hydrogens is 360 g/mol. The molecule has 1 N–H and O–H groups in total. The van der Waals surface area contributed by atoms with Crippen molar-refractivity contribution < 1.29 is 14.3 Å². The zero-order valence-corrected chi connectivity index (χ0v) is 16.1. The van der Waals surface area contributed by atoms with E-state index in [1.807, 2.05) is 18.2 Å². The first-order chi connectivity index (χ1) is 13.2. The molecule has 27 heavy (non-hydrogen) atoms. The maximum Gasteiger partial charge on any atom is 0.339 e. The number of rotatable bonds is 9. The Bertz CT molecular complexity index is 830. The molecule has 0 unspecified atom stereocenters. The molecule has 1 amide bonds. The van der Waals surface area contributed by atoms with Crippen LogP contribution in [0.5, 0.6) is 0 Å². The largest absolute Gasteiger partial charge is 0.452 e. The Morgan fingerprint density at radius 3 is 2.52 bits per heavy atom. The summed E-state index contributed by atoms with van der Waals surface area (Å²) in [7, 11) is 0. The highest BCUT2D eigenvalue weighted by molar-refractivity contribution is 7.99. The van der Waals surface area contributed by atoms with Crippen molar-refractivity contribution in [2.75, 3.05) is 13.2 Å². The summed E-state index contributed by atoms with van der Waals surface area (Å²) in [5, 5.41) is 12.0. The predicted octanol–water partition coefficient (Wildman–Crippen LogP) is 4.17. The molecule has 0 bridgehead atoms. The van der Waals surface area contributed by atoms with Crippen LogP contribution < -0.4 is 5.32 Å². The van der Waals surface area contributed by atoms with Crippen LogP contribution in [-0.2, 0) is 9.53 Å². The van der Waals surface area contributed by atoms with Crippen molar-refractivity contribution in [3.05, 3.63) is 59.7 Å². The minimum atomic E-state index is -0.559. The van der Waals surface area contributed by atoms with Gasteiger partial charge < -0.3 is 10.1 Å². The molecule has 2 aromatic rings. The fraction of sp³-hybridized carbons (Fsp3) is 0.286. The van der Waals surface area contributed by atoms with Gasteiger partial charge in [0.25, 0.3) is 5.91 Å². The summed E-state index contributed by atoms with van der Waals surface area (Å²) in [6.07, 6.45) is 3.04. The van der Waals surface area contributed by atoms with Crippen molar-refractivity contribution in [3.63, 3.8) is 0 Å². The highest BCUT2D eigenvalue weighted by Gasteiger charge is 2.16. The summed E-state index contributed by atoms with van der Waals surface area (Å²) in [5.74, 6) is -0.865. The molecule has 0 aliphatic rings. The van der Waals surface area contributed by atoms with Crippen molar-refractivity contribution in [2.24, 2.45) is 0 Å². The maximum atomic E-state index is 12.4. The van der Waals surface area contributed by atoms with E-state index in [0.717, 1.165) is 24.2 Å². The Labute approximate surface area is 163 Å². The Kier molecular flexibility index (Phi) is 8.40. The van der Waals surface area contributed by atoms with Crippen LogP contribution in [0, 0.1) is 11.3 Å². The van der Waals surface area contributed by atoms with Gasteiger partial charge in [0, 0.05) is 16.3 Å². The Morgan fingerprint density at radius 1 is 1.07 bits per heavy atom. The number of ether oxygens (including phenoxy) is 1. The van der Waals surface area contributed by atoms with Gasteiger partial charge in [-0.05, 0) is 30.7 Å². The third-order valence-electron chi connectivity index (χ3n) is 3.77. The van der Waals surface area contributed by atoms with Crippen molar-refractivity contribution in [1.29, 1.82) is 5.26 Å². The van der Waals surface area contributed by atoms with Crippen LogP contribution in [-0.4, -0.2) is 25.0 Å². The first kappa shape index (κ1) is 20.5. The van der Waals surface area contributed by atoms with Crippen molar-refractivity contribution in [2.45, 2.75) is 36.0 Å². The highest BCUT2D eigenvalue weighted by Crippen LogP contribution is 2.32. The Hall–Kier alpha value is -2.78. The SMILES string of the molecule is CCCCCNC(=O)COC(=O)c1ccccc1Sc1ccccc1C#N. The van der Waals surface area contributed by atoms with Crippen LogP contribution in [0.1, 0.15) is 42.1 Å². The van der Waals surface area contributed by atoms with E-state index < -0.39 is 5.97 Å².